The van der Waals surface area contributed by atoms with Crippen molar-refractivity contribution in [3.8, 4) is 5.75 Å². The minimum Gasteiger partial charge on any atom is -0.409 e. The number of carbonyl (C=O) groups excluding carboxylic acids is 2. The number of hydrogen-bond acceptors (Lipinski definition) is 7. The third-order valence-electron chi connectivity index (χ3n) is 3.84. The molecule has 3 rings (SSSR count). The summed E-state index contributed by atoms with van der Waals surface area (Å²) in [5.74, 6) is -0.428. The number of thiazole rings is 1. The van der Waals surface area contributed by atoms with Gasteiger partial charge >= 0.3 is 11.1 Å². The number of nitrogens with one attached hydrogen (secondary N) is 1. The van der Waals surface area contributed by atoms with E-state index in [-0.39, 0.29) is 21.4 Å². The lowest BCUT2D eigenvalue weighted by Gasteiger charge is -2.26. The summed E-state index contributed by atoms with van der Waals surface area (Å²) in [6, 6.07) is 6.33. The molecule has 0 atom stereocenters. The number of likely N-dealkylation sites (tertiary alicyclic amines) is 1. The van der Waals surface area contributed by atoms with Gasteiger partial charge in [0, 0.05) is 13.1 Å². The van der Waals surface area contributed by atoms with E-state index in [0.29, 0.717) is 13.1 Å². The van der Waals surface area contributed by atoms with Crippen molar-refractivity contribution in [2.24, 2.45) is 0 Å². The molecule has 10 heteroatoms. The summed E-state index contributed by atoms with van der Waals surface area (Å²) in [6.07, 6.45) is 3.53. The Labute approximate surface area is 152 Å². The number of anilines is 1. The highest BCUT2D eigenvalue weighted by Crippen LogP contribution is 2.27. The summed E-state index contributed by atoms with van der Waals surface area (Å²) in [5.41, 5.74) is 0.149. The highest BCUT2D eigenvalue weighted by molar-refractivity contribution is 7.18. The lowest BCUT2D eigenvalue weighted by atomic mass is 10.1. The van der Waals surface area contributed by atoms with E-state index in [4.69, 9.17) is 4.74 Å². The number of benzene rings is 1. The number of carbonyl (C=O) groups is 2. The molecule has 0 bridgehead atoms. The van der Waals surface area contributed by atoms with Gasteiger partial charge in [-0.1, -0.05) is 12.1 Å². The number of para-hydroxylation sites is 1. The molecule has 1 N–H and O–H groups in total. The normalized spacial score (nSPS) is 13.9. The fourth-order valence-electron chi connectivity index (χ4n) is 2.55. The van der Waals surface area contributed by atoms with Crippen LogP contribution in [0.25, 0.3) is 0 Å². The van der Waals surface area contributed by atoms with E-state index in [9.17, 15) is 19.7 Å². The van der Waals surface area contributed by atoms with Crippen molar-refractivity contribution in [3.05, 3.63) is 46.1 Å². The van der Waals surface area contributed by atoms with Gasteiger partial charge in [0.1, 0.15) is 11.9 Å². The highest BCUT2D eigenvalue weighted by Gasteiger charge is 2.22. The Hall–Kier alpha value is -3.01. The van der Waals surface area contributed by atoms with Crippen LogP contribution in [-0.4, -0.2) is 39.9 Å². The first-order chi connectivity index (χ1) is 12.5. The van der Waals surface area contributed by atoms with Gasteiger partial charge in [0.15, 0.2) is 5.13 Å². The number of aromatic nitrogens is 1. The van der Waals surface area contributed by atoms with Crippen LogP contribution in [0.3, 0.4) is 0 Å². The predicted octanol–water partition coefficient (Wildman–Crippen LogP) is 3.29. The van der Waals surface area contributed by atoms with Crippen LogP contribution in [0.5, 0.6) is 5.75 Å². The maximum absolute atomic E-state index is 12.5. The SMILES string of the molecule is O=C(Nc1ncc([N+](=O)[O-])s1)c1ccccc1OC(=O)N1CCCCC1. The van der Waals surface area contributed by atoms with Crippen LogP contribution in [0.4, 0.5) is 14.9 Å². The molecular formula is C16H16N4O5S. The number of hydrogen-bond donors (Lipinski definition) is 1. The second-order valence-corrected chi connectivity index (χ2v) is 6.64. The van der Waals surface area contributed by atoms with Gasteiger partial charge in [-0.05, 0) is 42.7 Å². The molecule has 0 aliphatic carbocycles. The number of rotatable bonds is 4. The van der Waals surface area contributed by atoms with Crippen LogP contribution in [-0.2, 0) is 0 Å². The van der Waals surface area contributed by atoms with Crippen LogP contribution in [0.1, 0.15) is 29.6 Å². The average Bonchev–Trinajstić information content (AvgIpc) is 3.11. The first-order valence-corrected chi connectivity index (χ1v) is 8.83. The van der Waals surface area contributed by atoms with Crippen LogP contribution in [0.15, 0.2) is 30.5 Å². The quantitative estimate of drug-likeness (QED) is 0.647. The zero-order valence-electron chi connectivity index (χ0n) is 13.7. The third-order valence-corrected chi connectivity index (χ3v) is 4.70. The Balaban J connectivity index is 1.72. The molecule has 1 aromatic heterocycles. The van der Waals surface area contributed by atoms with Gasteiger partial charge in [0.2, 0.25) is 0 Å². The lowest BCUT2D eigenvalue weighted by Crippen LogP contribution is -2.37. The molecule has 1 aliphatic heterocycles. The maximum Gasteiger partial charge on any atom is 0.415 e. The van der Waals surface area contributed by atoms with Crippen molar-refractivity contribution < 1.29 is 19.2 Å². The monoisotopic (exact) mass is 376 g/mol. The second-order valence-electron chi connectivity index (χ2n) is 5.63. The fraction of sp³-hybridized carbons (Fsp3) is 0.312. The molecular weight excluding hydrogens is 360 g/mol. The number of piperidine rings is 1. The smallest absolute Gasteiger partial charge is 0.409 e. The lowest BCUT2D eigenvalue weighted by molar-refractivity contribution is -0.380. The molecule has 136 valence electrons. The minimum absolute atomic E-state index is 0.0962. The third kappa shape index (κ3) is 4.14. The first-order valence-electron chi connectivity index (χ1n) is 8.02. The highest BCUT2D eigenvalue weighted by atomic mass is 32.1. The Bertz CT molecular complexity index is 832. The Kier molecular flexibility index (Phi) is 5.42. The summed E-state index contributed by atoms with van der Waals surface area (Å²) >= 11 is 0.748. The van der Waals surface area contributed by atoms with E-state index in [1.807, 2.05) is 0 Å². The Morgan fingerprint density at radius 1 is 1.23 bits per heavy atom. The van der Waals surface area contributed by atoms with Gasteiger partial charge in [-0.2, -0.15) is 0 Å². The van der Waals surface area contributed by atoms with Crippen molar-refractivity contribution in [1.29, 1.82) is 0 Å². The van der Waals surface area contributed by atoms with Gasteiger partial charge < -0.3 is 9.64 Å². The van der Waals surface area contributed by atoms with Gasteiger partial charge in [0.25, 0.3) is 5.91 Å². The van der Waals surface area contributed by atoms with Crippen molar-refractivity contribution in [3.63, 3.8) is 0 Å². The summed E-state index contributed by atoms with van der Waals surface area (Å²) in [7, 11) is 0. The number of amides is 2. The molecule has 2 amide bonds. The molecule has 9 nitrogen and oxygen atoms in total. The molecule has 0 unspecified atom stereocenters. The molecule has 26 heavy (non-hydrogen) atoms. The van der Waals surface area contributed by atoms with Crippen LogP contribution in [0.2, 0.25) is 0 Å². The number of nitrogens with zero attached hydrogens (tertiary/aromatic N) is 3. The Morgan fingerprint density at radius 3 is 2.65 bits per heavy atom. The van der Waals surface area contributed by atoms with Crippen molar-refractivity contribution in [1.82, 2.24) is 9.88 Å². The van der Waals surface area contributed by atoms with Crippen molar-refractivity contribution >= 4 is 33.5 Å². The molecule has 1 aliphatic rings. The van der Waals surface area contributed by atoms with Crippen molar-refractivity contribution in [2.45, 2.75) is 19.3 Å². The second kappa shape index (κ2) is 7.91. The standard InChI is InChI=1S/C16H16N4O5S/c21-14(18-15-17-10-13(26-15)20(23)24)11-6-2-3-7-12(11)25-16(22)19-8-4-1-5-9-19/h2-3,6-7,10H,1,4-5,8-9H2,(H,17,18,21). The van der Waals surface area contributed by atoms with Crippen LogP contribution in [0, 0.1) is 10.1 Å². The summed E-state index contributed by atoms with van der Waals surface area (Å²) in [5, 5.41) is 13.1. The maximum atomic E-state index is 12.5. The van der Waals surface area contributed by atoms with Gasteiger partial charge in [0.05, 0.1) is 10.5 Å². The molecule has 1 fully saturated rings. The predicted molar refractivity (Wildman–Crippen MR) is 94.6 cm³/mol. The number of ether oxygens (including phenoxy) is 1. The summed E-state index contributed by atoms with van der Waals surface area (Å²) in [4.78, 5) is 40.2. The van der Waals surface area contributed by atoms with Crippen LogP contribution >= 0.6 is 11.3 Å². The largest absolute Gasteiger partial charge is 0.415 e. The van der Waals surface area contributed by atoms with E-state index in [0.717, 1.165) is 36.8 Å². The molecule has 2 heterocycles. The van der Waals surface area contributed by atoms with E-state index < -0.39 is 16.9 Å². The Morgan fingerprint density at radius 2 is 1.96 bits per heavy atom. The van der Waals surface area contributed by atoms with E-state index in [1.54, 1.807) is 17.0 Å². The minimum atomic E-state index is -0.582. The molecule has 1 saturated heterocycles. The van der Waals surface area contributed by atoms with Gasteiger partial charge in [-0.3, -0.25) is 20.2 Å². The van der Waals surface area contributed by atoms with Gasteiger partial charge in [-0.25, -0.2) is 9.78 Å². The van der Waals surface area contributed by atoms with E-state index in [2.05, 4.69) is 10.3 Å². The summed E-state index contributed by atoms with van der Waals surface area (Å²) in [6.45, 7) is 1.27. The van der Waals surface area contributed by atoms with E-state index >= 15 is 0 Å². The zero-order valence-corrected chi connectivity index (χ0v) is 14.5. The average molecular weight is 376 g/mol. The topological polar surface area (TPSA) is 115 Å². The molecule has 0 radical (unpaired) electrons. The van der Waals surface area contributed by atoms with Crippen molar-refractivity contribution in [2.75, 3.05) is 18.4 Å². The van der Waals surface area contributed by atoms with Crippen LogP contribution < -0.4 is 10.1 Å². The fourth-order valence-corrected chi connectivity index (χ4v) is 3.18. The molecule has 1 aromatic carbocycles. The number of nitro groups is 1. The summed E-state index contributed by atoms with van der Waals surface area (Å²) < 4.78 is 5.39. The van der Waals surface area contributed by atoms with E-state index in [1.165, 1.54) is 12.1 Å². The zero-order chi connectivity index (χ0) is 18.5. The molecule has 0 spiro atoms. The molecule has 2 aromatic rings. The van der Waals surface area contributed by atoms with Gasteiger partial charge in [-0.15, -0.1) is 0 Å². The molecule has 0 saturated carbocycles. The first kappa shape index (κ1) is 17.8.